The Bertz CT molecular complexity index is 861. The Balaban J connectivity index is 1.57. The van der Waals surface area contributed by atoms with E-state index in [0.717, 1.165) is 25.9 Å². The maximum atomic E-state index is 12.4. The lowest BCUT2D eigenvalue weighted by Crippen LogP contribution is -2.39. The van der Waals surface area contributed by atoms with Crippen molar-refractivity contribution in [1.82, 2.24) is 10.2 Å². The molecule has 0 unspecified atom stereocenters. The largest absolute Gasteiger partial charge is 0.455 e. The molecule has 0 radical (unpaired) electrons. The third-order valence-electron chi connectivity index (χ3n) is 4.54. The molecular weight excluding hydrogens is 352 g/mol. The molecule has 0 aliphatic carbocycles. The highest BCUT2D eigenvalue weighted by Crippen LogP contribution is 2.20. The lowest BCUT2D eigenvalue weighted by atomic mass is 10.1. The summed E-state index contributed by atoms with van der Waals surface area (Å²) in [7, 11) is -3.19. The van der Waals surface area contributed by atoms with Crippen molar-refractivity contribution in [1.29, 1.82) is 0 Å². The van der Waals surface area contributed by atoms with Crippen molar-refractivity contribution in [2.24, 2.45) is 5.92 Å². The first-order valence-corrected chi connectivity index (χ1v) is 10.7. The van der Waals surface area contributed by atoms with Crippen molar-refractivity contribution in [3.05, 3.63) is 59.5 Å². The molecule has 26 heavy (non-hydrogen) atoms. The van der Waals surface area contributed by atoms with E-state index in [0.29, 0.717) is 5.92 Å². The van der Waals surface area contributed by atoms with Crippen molar-refractivity contribution < 1.29 is 17.6 Å². The Hall–Kier alpha value is -2.12. The number of nitrogens with zero attached hydrogens (tertiary/aromatic N) is 1. The van der Waals surface area contributed by atoms with Crippen LogP contribution in [-0.2, 0) is 22.1 Å². The normalized spacial score (nSPS) is 21.0. The second-order valence-electron chi connectivity index (χ2n) is 7.07. The molecule has 2 aromatic rings. The molecule has 2 heterocycles. The first-order chi connectivity index (χ1) is 12.3. The van der Waals surface area contributed by atoms with Crippen LogP contribution in [-0.4, -0.2) is 44.6 Å². The molecule has 3 rings (SSSR count). The van der Waals surface area contributed by atoms with Crippen LogP contribution in [0.25, 0.3) is 0 Å². The van der Waals surface area contributed by atoms with Gasteiger partial charge in [-0.1, -0.05) is 37.3 Å². The number of sulfone groups is 1. The van der Waals surface area contributed by atoms with Crippen LogP contribution in [0.3, 0.4) is 0 Å². The summed E-state index contributed by atoms with van der Waals surface area (Å²) in [4.78, 5) is 14.7. The summed E-state index contributed by atoms with van der Waals surface area (Å²) in [5.74, 6) is 0.252. The third kappa shape index (κ3) is 4.95. The summed E-state index contributed by atoms with van der Waals surface area (Å²) >= 11 is 0. The standard InChI is InChI=1S/C19H24N2O4S/c1-14-10-21(11-15-6-4-3-5-7-15)12-17(14)20-19(22)18-9-8-16(25-18)13-26(2,23)24/h3-9,14,17H,10-13H2,1-2H3,(H,20,22)/t14-,17-/m0/s1. The second-order valence-corrected chi connectivity index (χ2v) is 9.21. The molecule has 7 heteroatoms. The van der Waals surface area contributed by atoms with Gasteiger partial charge in [0, 0.05) is 31.9 Å². The van der Waals surface area contributed by atoms with Crippen LogP contribution in [0.4, 0.5) is 0 Å². The number of carbonyl (C=O) groups is 1. The van der Waals surface area contributed by atoms with Crippen LogP contribution < -0.4 is 5.32 Å². The predicted octanol–water partition coefficient (Wildman–Crippen LogP) is 2.07. The molecule has 2 atom stereocenters. The molecule has 6 nitrogen and oxygen atoms in total. The summed E-state index contributed by atoms with van der Waals surface area (Å²) in [5, 5.41) is 3.01. The maximum absolute atomic E-state index is 12.4. The van der Waals surface area contributed by atoms with E-state index < -0.39 is 9.84 Å². The zero-order valence-electron chi connectivity index (χ0n) is 15.0. The van der Waals surface area contributed by atoms with Gasteiger partial charge < -0.3 is 9.73 Å². The van der Waals surface area contributed by atoms with Gasteiger partial charge in [0.2, 0.25) is 0 Å². The Morgan fingerprint density at radius 2 is 1.92 bits per heavy atom. The SMILES string of the molecule is C[C@H]1CN(Cc2ccccc2)C[C@@H]1NC(=O)c1ccc(CS(C)(=O)=O)o1. The van der Waals surface area contributed by atoms with Crippen molar-refractivity contribution in [2.45, 2.75) is 25.3 Å². The van der Waals surface area contributed by atoms with E-state index in [4.69, 9.17) is 4.42 Å². The topological polar surface area (TPSA) is 79.6 Å². The smallest absolute Gasteiger partial charge is 0.287 e. The molecule has 1 saturated heterocycles. The van der Waals surface area contributed by atoms with Crippen LogP contribution in [0, 0.1) is 5.92 Å². The van der Waals surface area contributed by atoms with Crippen LogP contribution in [0.2, 0.25) is 0 Å². The predicted molar refractivity (Wildman–Crippen MR) is 99.4 cm³/mol. The molecule has 1 fully saturated rings. The molecule has 1 aromatic heterocycles. The number of hydrogen-bond acceptors (Lipinski definition) is 5. The Morgan fingerprint density at radius 3 is 2.62 bits per heavy atom. The molecule has 140 valence electrons. The molecule has 0 bridgehead atoms. The Labute approximate surface area is 154 Å². The summed E-state index contributed by atoms with van der Waals surface area (Å²) in [6, 6.07) is 13.4. The lowest BCUT2D eigenvalue weighted by Gasteiger charge is -2.16. The van der Waals surface area contributed by atoms with Crippen LogP contribution in [0.5, 0.6) is 0 Å². The molecule has 0 saturated carbocycles. The van der Waals surface area contributed by atoms with Gasteiger partial charge in [-0.3, -0.25) is 9.69 Å². The van der Waals surface area contributed by atoms with Crippen molar-refractivity contribution in [2.75, 3.05) is 19.3 Å². The van der Waals surface area contributed by atoms with Gasteiger partial charge in [-0.2, -0.15) is 0 Å². The maximum Gasteiger partial charge on any atom is 0.287 e. The first kappa shape index (κ1) is 18.7. The highest BCUT2D eigenvalue weighted by atomic mass is 32.2. The highest BCUT2D eigenvalue weighted by molar-refractivity contribution is 7.89. The zero-order valence-corrected chi connectivity index (χ0v) is 15.8. The summed E-state index contributed by atoms with van der Waals surface area (Å²) in [6.45, 7) is 4.67. The quantitative estimate of drug-likeness (QED) is 0.835. The second kappa shape index (κ2) is 7.63. The van der Waals surface area contributed by atoms with E-state index in [1.165, 1.54) is 17.7 Å². The van der Waals surface area contributed by atoms with Crippen LogP contribution in [0.15, 0.2) is 46.9 Å². The van der Waals surface area contributed by atoms with Crippen LogP contribution in [0.1, 0.15) is 28.8 Å². The van der Waals surface area contributed by atoms with E-state index >= 15 is 0 Å². The average Bonchev–Trinajstić information content (AvgIpc) is 3.14. The van der Waals surface area contributed by atoms with Crippen molar-refractivity contribution >= 4 is 15.7 Å². The molecule has 1 aliphatic heterocycles. The molecule has 1 aromatic carbocycles. The molecule has 1 amide bonds. The van der Waals surface area contributed by atoms with E-state index in [1.54, 1.807) is 0 Å². The number of furan rings is 1. The van der Waals surface area contributed by atoms with E-state index in [-0.39, 0.29) is 29.2 Å². The van der Waals surface area contributed by atoms with Gasteiger partial charge in [0.15, 0.2) is 15.6 Å². The van der Waals surface area contributed by atoms with Gasteiger partial charge in [-0.15, -0.1) is 0 Å². The average molecular weight is 376 g/mol. The fourth-order valence-electron chi connectivity index (χ4n) is 3.30. The lowest BCUT2D eigenvalue weighted by molar-refractivity contribution is 0.0901. The van der Waals surface area contributed by atoms with Gasteiger partial charge >= 0.3 is 0 Å². The van der Waals surface area contributed by atoms with E-state index in [2.05, 4.69) is 29.3 Å². The first-order valence-electron chi connectivity index (χ1n) is 8.64. The molecule has 1 N–H and O–H groups in total. The third-order valence-corrected chi connectivity index (χ3v) is 5.35. The van der Waals surface area contributed by atoms with Crippen LogP contribution >= 0.6 is 0 Å². The number of benzene rings is 1. The number of likely N-dealkylation sites (tertiary alicyclic amines) is 1. The van der Waals surface area contributed by atoms with Gasteiger partial charge in [0.25, 0.3) is 5.91 Å². The van der Waals surface area contributed by atoms with E-state index in [1.807, 2.05) is 18.2 Å². The Morgan fingerprint density at radius 1 is 1.19 bits per heavy atom. The minimum atomic E-state index is -3.19. The van der Waals surface area contributed by atoms with Gasteiger partial charge in [-0.05, 0) is 23.6 Å². The number of hydrogen-bond donors (Lipinski definition) is 1. The van der Waals surface area contributed by atoms with Crippen molar-refractivity contribution in [3.8, 4) is 0 Å². The number of rotatable bonds is 6. The number of amides is 1. The highest BCUT2D eigenvalue weighted by Gasteiger charge is 2.31. The van der Waals surface area contributed by atoms with Gasteiger partial charge in [-0.25, -0.2) is 8.42 Å². The number of carbonyl (C=O) groups excluding carboxylic acids is 1. The number of nitrogens with one attached hydrogen (secondary N) is 1. The summed E-state index contributed by atoms with van der Waals surface area (Å²) in [6.07, 6.45) is 1.14. The molecular formula is C19H24N2O4S. The van der Waals surface area contributed by atoms with Crippen molar-refractivity contribution in [3.63, 3.8) is 0 Å². The van der Waals surface area contributed by atoms with Gasteiger partial charge in [0.05, 0.1) is 0 Å². The Kier molecular flexibility index (Phi) is 5.48. The minimum Gasteiger partial charge on any atom is -0.455 e. The van der Waals surface area contributed by atoms with Gasteiger partial charge in [0.1, 0.15) is 11.5 Å². The monoisotopic (exact) mass is 376 g/mol. The minimum absolute atomic E-state index is 0.0367. The molecule has 0 spiro atoms. The summed E-state index contributed by atoms with van der Waals surface area (Å²) < 4.78 is 28.0. The fourth-order valence-corrected chi connectivity index (χ4v) is 3.97. The van der Waals surface area contributed by atoms with E-state index in [9.17, 15) is 13.2 Å². The fraction of sp³-hybridized carbons (Fsp3) is 0.421. The zero-order chi connectivity index (χ0) is 18.7. The summed E-state index contributed by atoms with van der Waals surface area (Å²) in [5.41, 5.74) is 1.25. The molecule has 1 aliphatic rings.